The first-order valence-electron chi connectivity index (χ1n) is 9.87. The van der Waals surface area contributed by atoms with Crippen molar-refractivity contribution < 1.29 is 14.6 Å². The number of morpholine rings is 1. The van der Waals surface area contributed by atoms with Gasteiger partial charge < -0.3 is 25.4 Å². The van der Waals surface area contributed by atoms with Crippen molar-refractivity contribution in [1.82, 2.24) is 10.6 Å². The third kappa shape index (κ3) is 3.98. The van der Waals surface area contributed by atoms with Crippen LogP contribution in [0.15, 0.2) is 48.5 Å². The van der Waals surface area contributed by atoms with Crippen molar-refractivity contribution in [3.05, 3.63) is 65.2 Å². The fourth-order valence-electron chi connectivity index (χ4n) is 4.01. The number of benzene rings is 2. The highest BCUT2D eigenvalue weighted by Crippen LogP contribution is 2.31. The van der Waals surface area contributed by atoms with Gasteiger partial charge in [-0.15, -0.1) is 0 Å². The molecule has 2 aromatic carbocycles. The minimum atomic E-state index is -0.591. The van der Waals surface area contributed by atoms with Gasteiger partial charge in [-0.25, -0.2) is 4.79 Å². The molecule has 1 heterocycles. The summed E-state index contributed by atoms with van der Waals surface area (Å²) in [7, 11) is 0. The van der Waals surface area contributed by atoms with E-state index in [1.54, 1.807) is 0 Å². The van der Waals surface area contributed by atoms with Gasteiger partial charge >= 0.3 is 6.03 Å². The number of hydrogen-bond acceptors (Lipinski definition) is 4. The molecule has 0 radical (unpaired) electrons. The molecule has 1 aliphatic carbocycles. The fraction of sp³-hybridized carbons (Fsp3) is 0.409. The summed E-state index contributed by atoms with van der Waals surface area (Å²) in [6.45, 7) is 5.29. The summed E-state index contributed by atoms with van der Waals surface area (Å²) >= 11 is 0. The smallest absolute Gasteiger partial charge is 0.315 e. The first-order chi connectivity index (χ1) is 13.6. The van der Waals surface area contributed by atoms with Crippen LogP contribution < -0.4 is 15.5 Å². The zero-order chi connectivity index (χ0) is 19.5. The van der Waals surface area contributed by atoms with Gasteiger partial charge in [0.15, 0.2) is 0 Å². The zero-order valence-corrected chi connectivity index (χ0v) is 16.1. The maximum absolute atomic E-state index is 12.5. The van der Waals surface area contributed by atoms with Crippen LogP contribution in [-0.4, -0.2) is 43.5 Å². The zero-order valence-electron chi connectivity index (χ0n) is 16.1. The van der Waals surface area contributed by atoms with Gasteiger partial charge in [0.25, 0.3) is 0 Å². The number of rotatable bonds is 4. The average molecular weight is 381 g/mol. The van der Waals surface area contributed by atoms with Gasteiger partial charge in [-0.3, -0.25) is 0 Å². The number of fused-ring (bicyclic) bond motifs is 1. The number of urea groups is 1. The Labute approximate surface area is 165 Å². The Hall–Kier alpha value is -2.57. The predicted molar refractivity (Wildman–Crippen MR) is 108 cm³/mol. The van der Waals surface area contributed by atoms with Crippen molar-refractivity contribution >= 4 is 11.7 Å². The van der Waals surface area contributed by atoms with Gasteiger partial charge in [0.2, 0.25) is 0 Å². The van der Waals surface area contributed by atoms with E-state index in [1.807, 2.05) is 31.2 Å². The molecule has 3 atom stereocenters. The molecule has 148 valence electrons. The normalized spacial score (nSPS) is 22.4. The predicted octanol–water partition coefficient (Wildman–Crippen LogP) is 2.54. The molecule has 6 heteroatoms. The number of aliphatic hydroxyl groups excluding tert-OH is 1. The quantitative estimate of drug-likeness (QED) is 0.761. The topological polar surface area (TPSA) is 73.8 Å². The van der Waals surface area contributed by atoms with Crippen LogP contribution >= 0.6 is 0 Å². The molecule has 2 amide bonds. The van der Waals surface area contributed by atoms with Gasteiger partial charge in [-0.1, -0.05) is 36.4 Å². The van der Waals surface area contributed by atoms with E-state index in [1.165, 1.54) is 5.69 Å². The molecular weight excluding hydrogens is 354 g/mol. The van der Waals surface area contributed by atoms with Crippen molar-refractivity contribution in [2.24, 2.45) is 0 Å². The fourth-order valence-corrected chi connectivity index (χ4v) is 4.01. The van der Waals surface area contributed by atoms with Crippen molar-refractivity contribution in [2.45, 2.75) is 31.5 Å². The summed E-state index contributed by atoms with van der Waals surface area (Å²) < 4.78 is 5.40. The lowest BCUT2D eigenvalue weighted by Crippen LogP contribution is -2.41. The van der Waals surface area contributed by atoms with E-state index < -0.39 is 6.10 Å². The van der Waals surface area contributed by atoms with Crippen molar-refractivity contribution in [3.63, 3.8) is 0 Å². The number of ether oxygens (including phenoxy) is 1. The molecule has 0 aromatic heterocycles. The average Bonchev–Trinajstić information content (AvgIpc) is 3.04. The summed E-state index contributed by atoms with van der Waals surface area (Å²) in [6.07, 6.45) is -0.0223. The Balaban J connectivity index is 1.35. The van der Waals surface area contributed by atoms with E-state index in [-0.39, 0.29) is 18.1 Å². The lowest BCUT2D eigenvalue weighted by molar-refractivity contribution is 0.122. The SMILES string of the molecule is CC(NC(=O)NC1c2ccccc2CC1O)c1ccc(N2CCOCC2)cc1. The molecule has 1 saturated heterocycles. The molecule has 0 saturated carbocycles. The molecular formula is C22H27N3O3. The van der Waals surface area contributed by atoms with Crippen LogP contribution in [0.1, 0.15) is 35.7 Å². The lowest BCUT2D eigenvalue weighted by atomic mass is 10.1. The van der Waals surface area contributed by atoms with Gasteiger partial charge in [0, 0.05) is 25.2 Å². The number of carbonyl (C=O) groups is 1. The largest absolute Gasteiger partial charge is 0.390 e. The minimum Gasteiger partial charge on any atom is -0.390 e. The molecule has 4 rings (SSSR count). The molecule has 3 unspecified atom stereocenters. The van der Waals surface area contributed by atoms with Crippen LogP contribution in [0.3, 0.4) is 0 Å². The highest BCUT2D eigenvalue weighted by Gasteiger charge is 2.32. The molecule has 0 spiro atoms. The van der Waals surface area contributed by atoms with Crippen LogP contribution in [0.2, 0.25) is 0 Å². The van der Waals surface area contributed by atoms with Gasteiger partial charge in [-0.05, 0) is 35.7 Å². The molecule has 1 aliphatic heterocycles. The molecule has 2 aliphatic rings. The summed E-state index contributed by atoms with van der Waals surface area (Å²) in [6, 6.07) is 15.4. The summed E-state index contributed by atoms with van der Waals surface area (Å²) in [5.74, 6) is 0. The van der Waals surface area contributed by atoms with E-state index in [0.29, 0.717) is 6.42 Å². The Kier molecular flexibility index (Phi) is 5.50. The lowest BCUT2D eigenvalue weighted by Gasteiger charge is -2.29. The third-order valence-electron chi connectivity index (χ3n) is 5.61. The first-order valence-corrected chi connectivity index (χ1v) is 9.87. The number of anilines is 1. The van der Waals surface area contributed by atoms with Crippen LogP contribution in [0, 0.1) is 0 Å². The number of aliphatic hydroxyl groups is 1. The third-order valence-corrected chi connectivity index (χ3v) is 5.61. The number of nitrogens with one attached hydrogen (secondary N) is 2. The second-order valence-electron chi connectivity index (χ2n) is 7.48. The minimum absolute atomic E-state index is 0.132. The molecule has 3 N–H and O–H groups in total. The maximum Gasteiger partial charge on any atom is 0.315 e. The van der Waals surface area contributed by atoms with Crippen LogP contribution in [0.4, 0.5) is 10.5 Å². The van der Waals surface area contributed by atoms with Crippen LogP contribution in [0.5, 0.6) is 0 Å². The Bertz CT molecular complexity index is 818. The van der Waals surface area contributed by atoms with E-state index in [2.05, 4.69) is 39.8 Å². The van der Waals surface area contributed by atoms with Crippen molar-refractivity contribution in [3.8, 4) is 0 Å². The second kappa shape index (κ2) is 8.20. The summed E-state index contributed by atoms with van der Waals surface area (Å²) in [4.78, 5) is 14.8. The van der Waals surface area contributed by atoms with E-state index >= 15 is 0 Å². The van der Waals surface area contributed by atoms with E-state index in [4.69, 9.17) is 4.74 Å². The van der Waals surface area contributed by atoms with E-state index in [0.717, 1.165) is 43.0 Å². The molecule has 6 nitrogen and oxygen atoms in total. The number of hydrogen-bond donors (Lipinski definition) is 3. The highest BCUT2D eigenvalue weighted by atomic mass is 16.5. The van der Waals surface area contributed by atoms with Crippen molar-refractivity contribution in [1.29, 1.82) is 0 Å². The van der Waals surface area contributed by atoms with Crippen LogP contribution in [-0.2, 0) is 11.2 Å². The van der Waals surface area contributed by atoms with Gasteiger partial charge in [0.05, 0.1) is 31.4 Å². The molecule has 0 bridgehead atoms. The second-order valence-corrected chi connectivity index (χ2v) is 7.48. The monoisotopic (exact) mass is 381 g/mol. The first kappa shape index (κ1) is 18.8. The van der Waals surface area contributed by atoms with Gasteiger partial charge in [0.1, 0.15) is 0 Å². The summed E-state index contributed by atoms with van der Waals surface area (Å²) in [5, 5.41) is 16.2. The highest BCUT2D eigenvalue weighted by molar-refractivity contribution is 5.75. The Morgan fingerprint density at radius 3 is 2.61 bits per heavy atom. The number of nitrogens with zero attached hydrogens (tertiary/aromatic N) is 1. The number of carbonyl (C=O) groups excluding carboxylic acids is 1. The molecule has 2 aromatic rings. The Morgan fingerprint density at radius 2 is 1.86 bits per heavy atom. The molecule has 1 fully saturated rings. The van der Waals surface area contributed by atoms with Crippen molar-refractivity contribution in [2.75, 3.05) is 31.2 Å². The summed E-state index contributed by atoms with van der Waals surface area (Å²) in [5.41, 5.74) is 4.30. The standard InChI is InChI=1S/C22H27N3O3/c1-15(16-6-8-18(9-7-16)25-10-12-28-13-11-25)23-22(27)24-21-19-5-3-2-4-17(19)14-20(21)26/h2-9,15,20-21,26H,10-14H2,1H3,(H2,23,24,27). The number of amides is 2. The molecule has 28 heavy (non-hydrogen) atoms. The Morgan fingerprint density at radius 1 is 1.14 bits per heavy atom. The van der Waals surface area contributed by atoms with Gasteiger partial charge in [-0.2, -0.15) is 0 Å². The van der Waals surface area contributed by atoms with E-state index in [9.17, 15) is 9.90 Å². The maximum atomic E-state index is 12.5. The van der Waals surface area contributed by atoms with Crippen LogP contribution in [0.25, 0.3) is 0 Å².